The van der Waals surface area contributed by atoms with Crippen molar-refractivity contribution in [2.24, 2.45) is 0 Å². The summed E-state index contributed by atoms with van der Waals surface area (Å²) < 4.78 is 9.10. The topological polar surface area (TPSA) is 66.0 Å². The predicted octanol–water partition coefficient (Wildman–Crippen LogP) is 0.0243. The predicted molar refractivity (Wildman–Crippen MR) is 28.0 cm³/mol. The van der Waals surface area contributed by atoms with Crippen LogP contribution in [0, 0.1) is 22.7 Å². The maximum Gasteiger partial charge on any atom is 0.149 e. The molecule has 48 valence electrons. The molecule has 0 aliphatic rings. The Morgan fingerprint density at radius 3 is 1.78 bits per heavy atom. The van der Waals surface area contributed by atoms with E-state index >= 15 is 0 Å². The van der Waals surface area contributed by atoms with Gasteiger partial charge in [0.2, 0.25) is 0 Å². The van der Waals surface area contributed by atoms with E-state index in [1.165, 1.54) is 0 Å². The second kappa shape index (κ2) is 6.90. The largest absolute Gasteiger partial charge is 0.340 e. The Balaban J connectivity index is 2.79. The molecule has 0 rings (SSSR count). The van der Waals surface area contributed by atoms with Crippen LogP contribution in [0.25, 0.3) is 0 Å². The van der Waals surface area contributed by atoms with Crippen molar-refractivity contribution in [2.75, 3.05) is 20.0 Å². The van der Waals surface area contributed by atoms with Crippen molar-refractivity contribution in [3.05, 3.63) is 0 Å². The summed E-state index contributed by atoms with van der Waals surface area (Å²) in [6.07, 6.45) is 0. The van der Waals surface area contributed by atoms with Crippen molar-refractivity contribution >= 4 is 0 Å². The van der Waals surface area contributed by atoms with Crippen LogP contribution in [0.15, 0.2) is 0 Å². The molecule has 0 aliphatic heterocycles. The van der Waals surface area contributed by atoms with Crippen LogP contribution in [-0.4, -0.2) is 20.0 Å². The fourth-order valence-corrected chi connectivity index (χ4v) is 0.234. The van der Waals surface area contributed by atoms with Crippen molar-refractivity contribution in [1.29, 1.82) is 10.5 Å². The first-order chi connectivity index (χ1) is 4.41. The molecule has 4 nitrogen and oxygen atoms in total. The van der Waals surface area contributed by atoms with Gasteiger partial charge in [0.25, 0.3) is 0 Å². The Kier molecular flexibility index (Phi) is 6.06. The molecule has 0 aromatic heterocycles. The summed E-state index contributed by atoms with van der Waals surface area (Å²) in [7, 11) is 0. The van der Waals surface area contributed by atoms with E-state index in [1.807, 2.05) is 0 Å². The number of ether oxygens (including phenoxy) is 2. The Bertz CT molecular complexity index is 117. The standard InChI is InChI=1S/C5H6N2O2/c6-1-3-8-5-9-4-2-7/h3-5H2. The molecule has 0 spiro atoms. The lowest BCUT2D eigenvalue weighted by molar-refractivity contribution is -0.0301. The minimum atomic E-state index is 0.00539. The van der Waals surface area contributed by atoms with Crippen LogP contribution in [0.5, 0.6) is 0 Å². The Morgan fingerprint density at radius 1 is 1.00 bits per heavy atom. The van der Waals surface area contributed by atoms with Crippen LogP contribution in [0.1, 0.15) is 0 Å². The highest BCUT2D eigenvalue weighted by atomic mass is 16.7. The van der Waals surface area contributed by atoms with Gasteiger partial charge in [0.15, 0.2) is 0 Å². The van der Waals surface area contributed by atoms with Gasteiger partial charge in [0.1, 0.15) is 20.0 Å². The molecule has 0 heterocycles. The third kappa shape index (κ3) is 6.90. The van der Waals surface area contributed by atoms with Gasteiger partial charge in [0, 0.05) is 0 Å². The summed E-state index contributed by atoms with van der Waals surface area (Å²) in [6.45, 7) is 0.0258. The van der Waals surface area contributed by atoms with E-state index in [-0.39, 0.29) is 20.0 Å². The third-order valence-electron chi connectivity index (χ3n) is 0.500. The first-order valence-electron chi connectivity index (χ1n) is 2.31. The van der Waals surface area contributed by atoms with Gasteiger partial charge in [-0.15, -0.1) is 0 Å². The SMILES string of the molecule is N#CCOCOCC#N. The molecular formula is C5H6N2O2. The van der Waals surface area contributed by atoms with Gasteiger partial charge >= 0.3 is 0 Å². The molecule has 0 fully saturated rings. The third-order valence-corrected chi connectivity index (χ3v) is 0.500. The fourth-order valence-electron chi connectivity index (χ4n) is 0.234. The van der Waals surface area contributed by atoms with E-state index in [4.69, 9.17) is 10.5 Å². The lowest BCUT2D eigenvalue weighted by Gasteiger charge is -1.94. The molecule has 0 radical (unpaired) electrons. The average molecular weight is 126 g/mol. The van der Waals surface area contributed by atoms with Crippen molar-refractivity contribution in [1.82, 2.24) is 0 Å². The van der Waals surface area contributed by atoms with E-state index in [2.05, 4.69) is 9.47 Å². The van der Waals surface area contributed by atoms with Crippen molar-refractivity contribution < 1.29 is 9.47 Å². The van der Waals surface area contributed by atoms with Gasteiger partial charge in [-0.3, -0.25) is 0 Å². The first kappa shape index (κ1) is 7.90. The number of rotatable bonds is 4. The van der Waals surface area contributed by atoms with Crippen LogP contribution in [-0.2, 0) is 9.47 Å². The molecule has 0 atom stereocenters. The number of nitrogens with zero attached hydrogens (tertiary/aromatic N) is 2. The lowest BCUT2D eigenvalue weighted by atomic mass is 10.8. The quantitative estimate of drug-likeness (QED) is 0.393. The molecule has 4 heteroatoms. The summed E-state index contributed by atoms with van der Waals surface area (Å²) in [5, 5.41) is 15.9. The van der Waals surface area contributed by atoms with Crippen LogP contribution in [0.2, 0.25) is 0 Å². The zero-order chi connectivity index (χ0) is 6.95. The summed E-state index contributed by atoms with van der Waals surface area (Å²) >= 11 is 0. The van der Waals surface area contributed by atoms with Crippen molar-refractivity contribution in [3.63, 3.8) is 0 Å². The number of nitriles is 2. The summed E-state index contributed by atoms with van der Waals surface area (Å²) in [5.74, 6) is 0. The normalized spacial score (nSPS) is 7.78. The number of hydrogen-bond donors (Lipinski definition) is 0. The van der Waals surface area contributed by atoms with Crippen LogP contribution in [0.4, 0.5) is 0 Å². The summed E-state index contributed by atoms with van der Waals surface area (Å²) in [4.78, 5) is 0. The Morgan fingerprint density at radius 2 is 1.44 bits per heavy atom. The second-order valence-corrected chi connectivity index (χ2v) is 1.13. The molecule has 9 heavy (non-hydrogen) atoms. The highest BCUT2D eigenvalue weighted by Crippen LogP contribution is 1.74. The Labute approximate surface area is 53.2 Å². The van der Waals surface area contributed by atoms with Gasteiger partial charge in [-0.25, -0.2) is 0 Å². The number of hydrogen-bond acceptors (Lipinski definition) is 4. The Hall–Kier alpha value is -1.10. The zero-order valence-corrected chi connectivity index (χ0v) is 4.83. The molecule has 0 unspecified atom stereocenters. The maximum atomic E-state index is 7.93. The van der Waals surface area contributed by atoms with E-state index in [0.717, 1.165) is 0 Å². The molecule has 0 saturated carbocycles. The van der Waals surface area contributed by atoms with Crippen molar-refractivity contribution in [3.8, 4) is 12.1 Å². The minimum absolute atomic E-state index is 0.00539. The lowest BCUT2D eigenvalue weighted by Crippen LogP contribution is -1.99. The molecule has 0 amide bonds. The molecule has 0 bridgehead atoms. The molecule has 0 aliphatic carbocycles. The van der Waals surface area contributed by atoms with Gasteiger partial charge in [0.05, 0.1) is 12.1 Å². The highest BCUT2D eigenvalue weighted by Gasteiger charge is 1.82. The summed E-state index contributed by atoms with van der Waals surface area (Å²) in [6, 6.07) is 3.52. The monoisotopic (exact) mass is 126 g/mol. The van der Waals surface area contributed by atoms with Gasteiger partial charge in [-0.2, -0.15) is 10.5 Å². The van der Waals surface area contributed by atoms with E-state index in [9.17, 15) is 0 Å². The second-order valence-electron chi connectivity index (χ2n) is 1.13. The van der Waals surface area contributed by atoms with E-state index in [1.54, 1.807) is 12.1 Å². The fraction of sp³-hybridized carbons (Fsp3) is 0.600. The minimum Gasteiger partial charge on any atom is -0.340 e. The zero-order valence-electron chi connectivity index (χ0n) is 4.83. The van der Waals surface area contributed by atoms with E-state index < -0.39 is 0 Å². The van der Waals surface area contributed by atoms with Gasteiger partial charge in [-0.1, -0.05) is 0 Å². The molecule has 0 aromatic rings. The van der Waals surface area contributed by atoms with E-state index in [0.29, 0.717) is 0 Å². The van der Waals surface area contributed by atoms with Crippen LogP contribution >= 0.6 is 0 Å². The first-order valence-corrected chi connectivity index (χ1v) is 2.31. The average Bonchev–Trinajstić information content (AvgIpc) is 1.89. The highest BCUT2D eigenvalue weighted by molar-refractivity contribution is 4.67. The molecular weight excluding hydrogens is 120 g/mol. The molecule has 0 N–H and O–H groups in total. The van der Waals surface area contributed by atoms with Crippen LogP contribution in [0.3, 0.4) is 0 Å². The summed E-state index contributed by atoms with van der Waals surface area (Å²) in [5.41, 5.74) is 0. The maximum absolute atomic E-state index is 7.93. The molecule has 0 aromatic carbocycles. The van der Waals surface area contributed by atoms with Gasteiger partial charge in [-0.05, 0) is 0 Å². The van der Waals surface area contributed by atoms with Gasteiger partial charge < -0.3 is 9.47 Å². The smallest absolute Gasteiger partial charge is 0.149 e. The van der Waals surface area contributed by atoms with Crippen LogP contribution < -0.4 is 0 Å². The molecule has 0 saturated heterocycles. The van der Waals surface area contributed by atoms with Crippen molar-refractivity contribution in [2.45, 2.75) is 0 Å².